The monoisotopic (exact) mass is 344 g/mol. The number of Topliss-reactive ketones (excluding diaryl/α,β-unsaturated/α-hetero) is 1. The summed E-state index contributed by atoms with van der Waals surface area (Å²) < 4.78 is 26.7. The van der Waals surface area contributed by atoms with Gasteiger partial charge in [-0.05, 0) is 43.0 Å². The maximum atomic E-state index is 12.3. The van der Waals surface area contributed by atoms with Gasteiger partial charge in [0.25, 0.3) is 10.0 Å². The minimum Gasteiger partial charge on any atom is -0.295 e. The molecule has 1 aliphatic rings. The first-order valence-corrected chi connectivity index (χ1v) is 8.94. The van der Waals surface area contributed by atoms with E-state index in [-0.39, 0.29) is 22.5 Å². The summed E-state index contributed by atoms with van der Waals surface area (Å²) in [6.07, 6.45) is 3.94. The summed E-state index contributed by atoms with van der Waals surface area (Å²) in [6.45, 7) is 1.40. The Kier molecular flexibility index (Phi) is 4.19. The third-order valence-corrected chi connectivity index (χ3v) is 5.41. The molecular weight excluding hydrogens is 328 g/mol. The highest BCUT2D eigenvalue weighted by Gasteiger charge is 2.45. The number of carbonyl (C=O) groups is 2. The Bertz CT molecular complexity index is 877. The molecule has 1 amide bonds. The highest BCUT2D eigenvalue weighted by molar-refractivity contribution is 7.90. The smallest absolute Gasteiger partial charge is 0.264 e. The van der Waals surface area contributed by atoms with Crippen molar-refractivity contribution in [1.82, 2.24) is 9.71 Å². The number of aromatic nitrogens is 1. The molecule has 0 bridgehead atoms. The third kappa shape index (κ3) is 3.35. The summed E-state index contributed by atoms with van der Waals surface area (Å²) in [7, 11) is -3.94. The zero-order valence-corrected chi connectivity index (χ0v) is 13.8. The van der Waals surface area contributed by atoms with Crippen molar-refractivity contribution in [2.24, 2.45) is 5.92 Å². The van der Waals surface area contributed by atoms with Gasteiger partial charge in [-0.2, -0.15) is 0 Å². The molecule has 24 heavy (non-hydrogen) atoms. The summed E-state index contributed by atoms with van der Waals surface area (Å²) in [5.74, 6) is -1.02. The number of amides is 1. The van der Waals surface area contributed by atoms with Gasteiger partial charge in [-0.3, -0.25) is 14.6 Å². The Hall–Kier alpha value is -2.54. The van der Waals surface area contributed by atoms with Crippen LogP contribution < -0.4 is 4.72 Å². The lowest BCUT2D eigenvalue weighted by atomic mass is 10.1. The molecule has 1 aromatic heterocycles. The Morgan fingerprint density at radius 1 is 1.17 bits per heavy atom. The van der Waals surface area contributed by atoms with Gasteiger partial charge in [0.2, 0.25) is 5.91 Å². The summed E-state index contributed by atoms with van der Waals surface area (Å²) >= 11 is 0. The van der Waals surface area contributed by atoms with E-state index in [0.717, 1.165) is 5.56 Å². The topological polar surface area (TPSA) is 93.2 Å². The molecular formula is C17H16N2O4S. The lowest BCUT2D eigenvalue weighted by molar-refractivity contribution is -0.120. The summed E-state index contributed by atoms with van der Waals surface area (Å²) in [5.41, 5.74) is 1.35. The molecule has 3 rings (SSSR count). The molecule has 7 heteroatoms. The minimum absolute atomic E-state index is 0.00832. The lowest BCUT2D eigenvalue weighted by Crippen LogP contribution is -2.32. The fraction of sp³-hybridized carbons (Fsp3) is 0.235. The number of ketones is 1. The number of nitrogens with zero attached hydrogens (tertiary/aromatic N) is 1. The number of sulfonamides is 1. The second-order valence-corrected chi connectivity index (χ2v) is 7.47. The largest absolute Gasteiger partial charge is 0.295 e. The van der Waals surface area contributed by atoms with Gasteiger partial charge in [-0.15, -0.1) is 0 Å². The van der Waals surface area contributed by atoms with Crippen LogP contribution in [-0.2, 0) is 14.8 Å². The van der Waals surface area contributed by atoms with Crippen molar-refractivity contribution < 1.29 is 18.0 Å². The molecule has 0 radical (unpaired) electrons. The van der Waals surface area contributed by atoms with Gasteiger partial charge in [0.1, 0.15) is 0 Å². The van der Waals surface area contributed by atoms with E-state index in [9.17, 15) is 18.0 Å². The summed E-state index contributed by atoms with van der Waals surface area (Å²) in [4.78, 5) is 27.4. The van der Waals surface area contributed by atoms with Crippen LogP contribution in [0.5, 0.6) is 0 Å². The molecule has 0 aliphatic heterocycles. The maximum absolute atomic E-state index is 12.3. The molecule has 2 atom stereocenters. The fourth-order valence-corrected chi connectivity index (χ4v) is 3.61. The number of pyridine rings is 1. The van der Waals surface area contributed by atoms with Gasteiger partial charge in [0.15, 0.2) is 5.78 Å². The standard InChI is InChI=1S/C17H16N2O4S/c1-11(20)12-4-6-14(7-5-12)24(22,23)19-17(21)16-9-15(16)13-3-2-8-18-10-13/h2-8,10,15-16H,9H2,1H3,(H,19,21). The number of hydrogen-bond donors (Lipinski definition) is 1. The van der Waals surface area contributed by atoms with Gasteiger partial charge in [0, 0.05) is 23.9 Å². The van der Waals surface area contributed by atoms with Crippen molar-refractivity contribution in [3.8, 4) is 0 Å². The van der Waals surface area contributed by atoms with Crippen molar-refractivity contribution in [3.05, 3.63) is 59.9 Å². The average molecular weight is 344 g/mol. The van der Waals surface area contributed by atoms with Crippen molar-refractivity contribution in [2.45, 2.75) is 24.2 Å². The van der Waals surface area contributed by atoms with Gasteiger partial charge in [-0.1, -0.05) is 18.2 Å². The molecule has 1 aliphatic carbocycles. The van der Waals surface area contributed by atoms with Crippen molar-refractivity contribution in [2.75, 3.05) is 0 Å². The van der Waals surface area contributed by atoms with Crippen LogP contribution in [0.1, 0.15) is 35.2 Å². The Morgan fingerprint density at radius 2 is 1.88 bits per heavy atom. The van der Waals surface area contributed by atoms with E-state index in [2.05, 4.69) is 9.71 Å². The van der Waals surface area contributed by atoms with E-state index in [1.54, 1.807) is 18.5 Å². The molecule has 6 nitrogen and oxygen atoms in total. The zero-order valence-electron chi connectivity index (χ0n) is 13.0. The molecule has 2 unspecified atom stereocenters. The quantitative estimate of drug-likeness (QED) is 0.836. The first-order chi connectivity index (χ1) is 11.4. The number of rotatable bonds is 5. The van der Waals surface area contributed by atoms with Crippen LogP contribution >= 0.6 is 0 Å². The highest BCUT2D eigenvalue weighted by Crippen LogP contribution is 2.47. The van der Waals surface area contributed by atoms with Crippen LogP contribution in [0, 0.1) is 5.92 Å². The van der Waals surface area contributed by atoms with E-state index in [4.69, 9.17) is 0 Å². The second-order valence-electron chi connectivity index (χ2n) is 5.79. The van der Waals surface area contributed by atoms with E-state index in [0.29, 0.717) is 12.0 Å². The van der Waals surface area contributed by atoms with E-state index >= 15 is 0 Å². The van der Waals surface area contributed by atoms with E-state index < -0.39 is 15.9 Å². The summed E-state index contributed by atoms with van der Waals surface area (Å²) in [5, 5.41) is 0. The van der Waals surface area contributed by atoms with Crippen LogP contribution in [0.15, 0.2) is 53.7 Å². The molecule has 1 saturated carbocycles. The van der Waals surface area contributed by atoms with E-state index in [1.165, 1.54) is 31.2 Å². The summed E-state index contributed by atoms with van der Waals surface area (Å²) in [6, 6.07) is 9.15. The lowest BCUT2D eigenvalue weighted by Gasteiger charge is -2.07. The van der Waals surface area contributed by atoms with Crippen LogP contribution in [0.3, 0.4) is 0 Å². The SMILES string of the molecule is CC(=O)c1ccc(S(=O)(=O)NC(=O)C2CC2c2cccnc2)cc1. The van der Waals surface area contributed by atoms with Gasteiger partial charge < -0.3 is 0 Å². The van der Waals surface area contributed by atoms with Gasteiger partial charge in [-0.25, -0.2) is 13.1 Å². The van der Waals surface area contributed by atoms with Gasteiger partial charge >= 0.3 is 0 Å². The molecule has 1 aromatic carbocycles. The predicted molar refractivity (Wildman–Crippen MR) is 86.9 cm³/mol. The fourth-order valence-electron chi connectivity index (χ4n) is 2.58. The predicted octanol–water partition coefficient (Wildman–Crippen LogP) is 1.89. The van der Waals surface area contributed by atoms with Gasteiger partial charge in [0.05, 0.1) is 4.90 Å². The number of carbonyl (C=O) groups excluding carboxylic acids is 2. The first-order valence-electron chi connectivity index (χ1n) is 7.46. The molecule has 1 heterocycles. The molecule has 1 fully saturated rings. The van der Waals surface area contributed by atoms with Crippen molar-refractivity contribution in [1.29, 1.82) is 0 Å². The molecule has 2 aromatic rings. The third-order valence-electron chi connectivity index (χ3n) is 4.05. The number of benzene rings is 1. The highest BCUT2D eigenvalue weighted by atomic mass is 32.2. The van der Waals surface area contributed by atoms with Crippen molar-refractivity contribution >= 4 is 21.7 Å². The Morgan fingerprint density at radius 3 is 2.46 bits per heavy atom. The number of nitrogens with one attached hydrogen (secondary N) is 1. The van der Waals surface area contributed by atoms with Crippen LogP contribution in [0.4, 0.5) is 0 Å². The molecule has 0 saturated heterocycles. The number of hydrogen-bond acceptors (Lipinski definition) is 5. The Balaban J connectivity index is 1.69. The average Bonchev–Trinajstić information content (AvgIpc) is 3.36. The maximum Gasteiger partial charge on any atom is 0.264 e. The molecule has 1 N–H and O–H groups in total. The molecule has 124 valence electrons. The van der Waals surface area contributed by atoms with Crippen LogP contribution in [-0.4, -0.2) is 25.1 Å². The van der Waals surface area contributed by atoms with Crippen LogP contribution in [0.2, 0.25) is 0 Å². The Labute approximate surface area is 140 Å². The molecule has 0 spiro atoms. The zero-order chi connectivity index (χ0) is 17.3. The first kappa shape index (κ1) is 16.3. The van der Waals surface area contributed by atoms with Crippen molar-refractivity contribution in [3.63, 3.8) is 0 Å². The second kappa shape index (κ2) is 6.16. The van der Waals surface area contributed by atoms with Crippen LogP contribution in [0.25, 0.3) is 0 Å². The minimum atomic E-state index is -3.94. The van der Waals surface area contributed by atoms with E-state index in [1.807, 2.05) is 6.07 Å². The normalized spacial score (nSPS) is 19.5.